The van der Waals surface area contributed by atoms with Gasteiger partial charge in [0.25, 0.3) is 0 Å². The lowest BCUT2D eigenvalue weighted by atomic mass is 9.55. The highest BCUT2D eigenvalue weighted by atomic mass is 16.5. The third-order valence-corrected chi connectivity index (χ3v) is 6.06. The van der Waals surface area contributed by atoms with Gasteiger partial charge in [0.15, 0.2) is 0 Å². The molecule has 1 aliphatic heterocycles. The minimum absolute atomic E-state index is 0.332. The number of fused-ring (bicyclic) bond motifs is 2. The fourth-order valence-corrected chi connectivity index (χ4v) is 4.70. The molecule has 1 fully saturated rings. The molecule has 0 N–H and O–H groups in total. The van der Waals surface area contributed by atoms with Gasteiger partial charge in [-0.05, 0) is 37.5 Å². The lowest BCUT2D eigenvalue weighted by Crippen LogP contribution is -2.53. The van der Waals surface area contributed by atoms with Gasteiger partial charge in [0.2, 0.25) is 0 Å². The summed E-state index contributed by atoms with van der Waals surface area (Å²) < 4.78 is 6.36. The van der Waals surface area contributed by atoms with Gasteiger partial charge in [-0.1, -0.05) is 58.6 Å². The molecule has 0 aromatic rings. The van der Waals surface area contributed by atoms with Crippen molar-refractivity contribution in [2.24, 2.45) is 23.2 Å². The van der Waals surface area contributed by atoms with Crippen molar-refractivity contribution in [1.82, 2.24) is 0 Å². The second kappa shape index (κ2) is 5.99. The Morgan fingerprint density at radius 2 is 2.00 bits per heavy atom. The number of allylic oxidation sites excluding steroid dienone is 1. The average molecular weight is 264 g/mol. The van der Waals surface area contributed by atoms with Crippen LogP contribution in [0, 0.1) is 23.2 Å². The molecule has 19 heavy (non-hydrogen) atoms. The van der Waals surface area contributed by atoms with Gasteiger partial charge in [0.05, 0.1) is 12.7 Å². The molecule has 1 heterocycles. The van der Waals surface area contributed by atoms with E-state index in [1.54, 1.807) is 5.57 Å². The standard InChI is InChI=1S/C18H32O/c1-6-8-9-10-16-17-13(3)11-14(4)18(7-2,12-19-16)15(17)5/h11,13,15-17H,6-10,12H2,1-5H3/t13-,15-,16+,17-,18+/m1/s1. The Hall–Kier alpha value is -0.300. The predicted molar refractivity (Wildman–Crippen MR) is 82.2 cm³/mol. The summed E-state index contributed by atoms with van der Waals surface area (Å²) >= 11 is 0. The van der Waals surface area contributed by atoms with Crippen LogP contribution < -0.4 is 0 Å². The number of hydrogen-bond donors (Lipinski definition) is 0. The molecule has 2 bridgehead atoms. The van der Waals surface area contributed by atoms with Crippen molar-refractivity contribution in [1.29, 1.82) is 0 Å². The molecule has 0 unspecified atom stereocenters. The second-order valence-electron chi connectivity index (χ2n) is 6.93. The summed E-state index contributed by atoms with van der Waals surface area (Å²) in [5.41, 5.74) is 1.91. The molecule has 0 aromatic carbocycles. The van der Waals surface area contributed by atoms with Crippen LogP contribution in [0.2, 0.25) is 0 Å². The Balaban J connectivity index is 2.16. The van der Waals surface area contributed by atoms with Gasteiger partial charge >= 0.3 is 0 Å². The summed E-state index contributed by atoms with van der Waals surface area (Å²) in [6.45, 7) is 12.8. The minimum atomic E-state index is 0.332. The minimum Gasteiger partial charge on any atom is -0.377 e. The van der Waals surface area contributed by atoms with Gasteiger partial charge in [-0.3, -0.25) is 0 Å². The van der Waals surface area contributed by atoms with E-state index in [2.05, 4.69) is 40.7 Å². The van der Waals surface area contributed by atoms with E-state index >= 15 is 0 Å². The van der Waals surface area contributed by atoms with Crippen molar-refractivity contribution in [3.05, 3.63) is 11.6 Å². The summed E-state index contributed by atoms with van der Waals surface area (Å²) in [4.78, 5) is 0. The SMILES string of the molecule is CCCCC[C@@H]1OC[C@@]2(CC)C(C)=C[C@@H](C)[C@@H]1[C@H]2C. The molecule has 0 spiro atoms. The molecule has 0 saturated carbocycles. The molecule has 1 aliphatic carbocycles. The van der Waals surface area contributed by atoms with Crippen LogP contribution in [0.15, 0.2) is 11.6 Å². The van der Waals surface area contributed by atoms with Crippen molar-refractivity contribution in [2.75, 3.05) is 6.61 Å². The molecule has 0 amide bonds. The van der Waals surface area contributed by atoms with E-state index in [0.29, 0.717) is 17.4 Å². The first-order chi connectivity index (χ1) is 9.06. The highest BCUT2D eigenvalue weighted by molar-refractivity contribution is 5.22. The van der Waals surface area contributed by atoms with E-state index in [1.807, 2.05) is 0 Å². The maximum absolute atomic E-state index is 6.36. The molecule has 0 radical (unpaired) electrons. The zero-order valence-electron chi connectivity index (χ0n) is 13.5. The fourth-order valence-electron chi connectivity index (χ4n) is 4.70. The number of rotatable bonds is 5. The largest absolute Gasteiger partial charge is 0.377 e. The second-order valence-corrected chi connectivity index (χ2v) is 6.93. The van der Waals surface area contributed by atoms with E-state index in [0.717, 1.165) is 18.4 Å². The molecule has 2 rings (SSSR count). The van der Waals surface area contributed by atoms with Gasteiger partial charge < -0.3 is 4.74 Å². The zero-order chi connectivity index (χ0) is 14.0. The van der Waals surface area contributed by atoms with Crippen LogP contribution in [0.4, 0.5) is 0 Å². The van der Waals surface area contributed by atoms with Crippen LogP contribution in [0.3, 0.4) is 0 Å². The van der Waals surface area contributed by atoms with Crippen molar-refractivity contribution in [3.8, 4) is 0 Å². The maximum atomic E-state index is 6.36. The quantitative estimate of drug-likeness (QED) is 0.489. The Morgan fingerprint density at radius 3 is 2.63 bits per heavy atom. The number of unbranched alkanes of at least 4 members (excludes halogenated alkanes) is 2. The van der Waals surface area contributed by atoms with Crippen LogP contribution in [0.1, 0.15) is 66.7 Å². The van der Waals surface area contributed by atoms with Crippen LogP contribution in [0.25, 0.3) is 0 Å². The number of hydrogen-bond acceptors (Lipinski definition) is 1. The van der Waals surface area contributed by atoms with Gasteiger partial charge in [-0.15, -0.1) is 0 Å². The van der Waals surface area contributed by atoms with E-state index in [9.17, 15) is 0 Å². The zero-order valence-corrected chi connectivity index (χ0v) is 13.5. The highest BCUT2D eigenvalue weighted by Gasteiger charge is 2.51. The molecule has 110 valence electrons. The fraction of sp³-hybridized carbons (Fsp3) is 0.889. The molecular formula is C18H32O. The van der Waals surface area contributed by atoms with Crippen molar-refractivity contribution >= 4 is 0 Å². The normalized spacial score (nSPS) is 42.1. The van der Waals surface area contributed by atoms with E-state index in [1.165, 1.54) is 32.1 Å². The molecule has 1 saturated heterocycles. The topological polar surface area (TPSA) is 9.23 Å². The van der Waals surface area contributed by atoms with E-state index in [-0.39, 0.29) is 0 Å². The summed E-state index contributed by atoms with van der Waals surface area (Å²) in [5.74, 6) is 2.19. The Kier molecular flexibility index (Phi) is 4.76. The Morgan fingerprint density at radius 1 is 1.26 bits per heavy atom. The lowest BCUT2D eigenvalue weighted by Gasteiger charge is -2.55. The van der Waals surface area contributed by atoms with Gasteiger partial charge in [0.1, 0.15) is 0 Å². The lowest BCUT2D eigenvalue weighted by molar-refractivity contribution is -0.142. The first-order valence-corrected chi connectivity index (χ1v) is 8.37. The molecule has 1 nitrogen and oxygen atoms in total. The average Bonchev–Trinajstić information content (AvgIpc) is 2.38. The molecule has 5 atom stereocenters. The first kappa shape index (κ1) is 15.1. The van der Waals surface area contributed by atoms with E-state index < -0.39 is 0 Å². The summed E-state index contributed by atoms with van der Waals surface area (Å²) in [7, 11) is 0. The number of ether oxygens (including phenoxy) is 1. The summed E-state index contributed by atoms with van der Waals surface area (Å²) in [6.07, 6.45) is 9.52. The summed E-state index contributed by atoms with van der Waals surface area (Å²) in [5, 5.41) is 0. The third-order valence-electron chi connectivity index (χ3n) is 6.06. The van der Waals surface area contributed by atoms with E-state index in [4.69, 9.17) is 4.74 Å². The Labute approximate surface area is 119 Å². The first-order valence-electron chi connectivity index (χ1n) is 8.37. The molecule has 2 aliphatic rings. The van der Waals surface area contributed by atoms with Crippen molar-refractivity contribution in [2.45, 2.75) is 72.8 Å². The smallest absolute Gasteiger partial charge is 0.0612 e. The van der Waals surface area contributed by atoms with Crippen LogP contribution >= 0.6 is 0 Å². The molecule has 1 heteroatoms. The predicted octanol–water partition coefficient (Wildman–Crippen LogP) is 5.21. The Bertz CT molecular complexity index is 333. The van der Waals surface area contributed by atoms with Gasteiger partial charge in [-0.2, -0.15) is 0 Å². The highest BCUT2D eigenvalue weighted by Crippen LogP contribution is 2.54. The van der Waals surface area contributed by atoms with Crippen LogP contribution in [-0.4, -0.2) is 12.7 Å². The monoisotopic (exact) mass is 264 g/mol. The summed E-state index contributed by atoms with van der Waals surface area (Å²) in [6, 6.07) is 0. The van der Waals surface area contributed by atoms with Crippen LogP contribution in [-0.2, 0) is 4.74 Å². The third kappa shape index (κ3) is 2.51. The van der Waals surface area contributed by atoms with Crippen molar-refractivity contribution < 1.29 is 4.74 Å². The van der Waals surface area contributed by atoms with Crippen molar-refractivity contribution in [3.63, 3.8) is 0 Å². The van der Waals surface area contributed by atoms with Crippen LogP contribution in [0.5, 0.6) is 0 Å². The maximum Gasteiger partial charge on any atom is 0.0612 e. The van der Waals surface area contributed by atoms with Gasteiger partial charge in [0, 0.05) is 5.41 Å². The molecular weight excluding hydrogens is 232 g/mol. The molecule has 0 aromatic heterocycles. The van der Waals surface area contributed by atoms with Gasteiger partial charge in [-0.25, -0.2) is 0 Å².